The lowest BCUT2D eigenvalue weighted by atomic mass is 10.1. The highest BCUT2D eigenvalue weighted by Gasteiger charge is 2.23. The van der Waals surface area contributed by atoms with Crippen LogP contribution in [0.2, 0.25) is 0 Å². The van der Waals surface area contributed by atoms with Crippen molar-refractivity contribution in [3.05, 3.63) is 21.5 Å². The Bertz CT molecular complexity index is 462. The predicted octanol–water partition coefficient (Wildman–Crippen LogP) is 1.16. The van der Waals surface area contributed by atoms with Crippen molar-refractivity contribution in [1.29, 1.82) is 0 Å². The van der Waals surface area contributed by atoms with E-state index >= 15 is 0 Å². The van der Waals surface area contributed by atoms with Gasteiger partial charge in [-0.1, -0.05) is 0 Å². The quantitative estimate of drug-likeness (QED) is 0.618. The third-order valence-electron chi connectivity index (χ3n) is 2.78. The maximum Gasteiger partial charge on any atom is 0.312 e. The molecule has 0 fully saturated rings. The number of β-amino-alcohol motifs (C(OH)–C–C–N with tert-alkyl or cyclic N) is 1. The second-order valence-electron chi connectivity index (χ2n) is 5.74. The number of rotatable bonds is 5. The van der Waals surface area contributed by atoms with Crippen LogP contribution in [0.4, 0.5) is 5.69 Å². The molecule has 19 heavy (non-hydrogen) atoms. The fraction of sp³-hybridized carbons (Fsp3) is 0.750. The van der Waals surface area contributed by atoms with E-state index in [1.807, 2.05) is 20.8 Å². The van der Waals surface area contributed by atoms with Crippen LogP contribution in [0.25, 0.3) is 0 Å². The van der Waals surface area contributed by atoms with Gasteiger partial charge in [0.15, 0.2) is 0 Å². The summed E-state index contributed by atoms with van der Waals surface area (Å²) >= 11 is 0. The van der Waals surface area contributed by atoms with E-state index < -0.39 is 11.0 Å². The molecule has 0 bridgehead atoms. The first-order chi connectivity index (χ1) is 8.61. The summed E-state index contributed by atoms with van der Waals surface area (Å²) in [5.74, 6) is 0. The average molecular weight is 270 g/mol. The van der Waals surface area contributed by atoms with Crippen molar-refractivity contribution in [3.8, 4) is 0 Å². The molecule has 0 aliphatic heterocycles. The summed E-state index contributed by atoms with van der Waals surface area (Å²) in [6.45, 7) is 9.91. The average Bonchev–Trinajstić information content (AvgIpc) is 2.50. The number of nitro groups is 1. The van der Waals surface area contributed by atoms with Gasteiger partial charge in [-0.2, -0.15) is 5.10 Å². The summed E-state index contributed by atoms with van der Waals surface area (Å²) in [6.07, 6.45) is -0.642. The van der Waals surface area contributed by atoms with Gasteiger partial charge in [-0.05, 0) is 34.6 Å². The molecular formula is C12H22N4O3. The number of hydrogen-bond acceptors (Lipinski definition) is 5. The Hall–Kier alpha value is -1.47. The van der Waals surface area contributed by atoms with Gasteiger partial charge < -0.3 is 10.4 Å². The van der Waals surface area contributed by atoms with Crippen LogP contribution >= 0.6 is 0 Å². The summed E-state index contributed by atoms with van der Waals surface area (Å²) in [5.41, 5.74) is 0.786. The Kier molecular flexibility index (Phi) is 4.65. The zero-order valence-electron chi connectivity index (χ0n) is 12.1. The molecule has 108 valence electrons. The number of aliphatic hydroxyl groups is 1. The van der Waals surface area contributed by atoms with Gasteiger partial charge in [0.25, 0.3) is 0 Å². The van der Waals surface area contributed by atoms with Crippen molar-refractivity contribution < 1.29 is 10.0 Å². The van der Waals surface area contributed by atoms with Crippen LogP contribution in [0.15, 0.2) is 0 Å². The first kappa shape index (κ1) is 15.6. The molecule has 1 aromatic heterocycles. The molecule has 0 saturated carbocycles. The van der Waals surface area contributed by atoms with Crippen LogP contribution in [-0.2, 0) is 6.54 Å². The highest BCUT2D eigenvalue weighted by atomic mass is 16.6. The molecule has 2 N–H and O–H groups in total. The number of nitrogens with zero attached hydrogens (tertiary/aromatic N) is 3. The molecule has 0 aliphatic carbocycles. The topological polar surface area (TPSA) is 93.2 Å². The second-order valence-corrected chi connectivity index (χ2v) is 5.74. The van der Waals surface area contributed by atoms with Crippen molar-refractivity contribution >= 4 is 5.69 Å². The lowest BCUT2D eigenvalue weighted by molar-refractivity contribution is -0.386. The SMILES string of the molecule is Cc1nn(CC(O)CNC(C)(C)C)c(C)c1[N+](=O)[O-]. The van der Waals surface area contributed by atoms with Crippen molar-refractivity contribution in [3.63, 3.8) is 0 Å². The number of hydrogen-bond donors (Lipinski definition) is 2. The molecule has 7 nitrogen and oxygen atoms in total. The van der Waals surface area contributed by atoms with Gasteiger partial charge >= 0.3 is 5.69 Å². The van der Waals surface area contributed by atoms with Crippen molar-refractivity contribution in [2.45, 2.75) is 52.8 Å². The molecule has 1 heterocycles. The third kappa shape index (κ3) is 4.29. The van der Waals surface area contributed by atoms with E-state index in [-0.39, 0.29) is 17.8 Å². The number of aliphatic hydroxyl groups excluding tert-OH is 1. The molecule has 0 spiro atoms. The summed E-state index contributed by atoms with van der Waals surface area (Å²) in [5, 5.41) is 28.1. The number of aryl methyl sites for hydroxylation is 1. The fourth-order valence-electron chi connectivity index (χ4n) is 1.82. The monoisotopic (exact) mass is 270 g/mol. The Balaban J connectivity index is 2.73. The Morgan fingerprint density at radius 2 is 2.05 bits per heavy atom. The van der Waals surface area contributed by atoms with Crippen LogP contribution in [-0.4, -0.2) is 38.0 Å². The van der Waals surface area contributed by atoms with Gasteiger partial charge in [-0.3, -0.25) is 14.8 Å². The van der Waals surface area contributed by atoms with E-state index in [4.69, 9.17) is 0 Å². The van der Waals surface area contributed by atoms with Crippen LogP contribution in [0, 0.1) is 24.0 Å². The maximum absolute atomic E-state index is 10.9. The van der Waals surface area contributed by atoms with E-state index in [9.17, 15) is 15.2 Å². The van der Waals surface area contributed by atoms with Gasteiger partial charge in [-0.15, -0.1) is 0 Å². The van der Waals surface area contributed by atoms with Gasteiger partial charge in [0.2, 0.25) is 0 Å². The molecule has 1 atom stereocenters. The first-order valence-corrected chi connectivity index (χ1v) is 6.23. The predicted molar refractivity (Wildman–Crippen MR) is 72.1 cm³/mol. The van der Waals surface area contributed by atoms with Crippen LogP contribution in [0.5, 0.6) is 0 Å². The molecule has 0 aliphatic rings. The van der Waals surface area contributed by atoms with Gasteiger partial charge in [-0.25, -0.2) is 0 Å². The van der Waals surface area contributed by atoms with Crippen LogP contribution < -0.4 is 5.32 Å². The Morgan fingerprint density at radius 1 is 1.47 bits per heavy atom. The Morgan fingerprint density at radius 3 is 2.47 bits per heavy atom. The van der Waals surface area contributed by atoms with E-state index in [2.05, 4.69) is 10.4 Å². The largest absolute Gasteiger partial charge is 0.390 e. The standard InChI is InChI=1S/C12H22N4O3/c1-8-11(16(18)19)9(2)15(14-8)7-10(17)6-13-12(3,4)5/h10,13,17H,6-7H2,1-5H3. The second kappa shape index (κ2) is 5.66. The zero-order valence-corrected chi connectivity index (χ0v) is 12.1. The highest BCUT2D eigenvalue weighted by Crippen LogP contribution is 2.21. The Labute approximate surface area is 112 Å². The van der Waals surface area contributed by atoms with E-state index in [1.54, 1.807) is 13.8 Å². The molecule has 0 amide bonds. The molecule has 7 heteroatoms. The smallest absolute Gasteiger partial charge is 0.312 e. The van der Waals surface area contributed by atoms with E-state index in [0.29, 0.717) is 17.9 Å². The zero-order chi connectivity index (χ0) is 14.8. The summed E-state index contributed by atoms with van der Waals surface area (Å²) in [6, 6.07) is 0. The minimum atomic E-state index is -0.642. The molecule has 1 rings (SSSR count). The fourth-order valence-corrected chi connectivity index (χ4v) is 1.82. The number of aromatic nitrogens is 2. The van der Waals surface area contributed by atoms with Gasteiger partial charge in [0.1, 0.15) is 11.4 Å². The van der Waals surface area contributed by atoms with Crippen LogP contribution in [0.3, 0.4) is 0 Å². The minimum absolute atomic E-state index is 0.0241. The normalized spacial score (nSPS) is 13.6. The third-order valence-corrected chi connectivity index (χ3v) is 2.78. The summed E-state index contributed by atoms with van der Waals surface area (Å²) < 4.78 is 1.49. The lowest BCUT2D eigenvalue weighted by Gasteiger charge is -2.23. The molecular weight excluding hydrogens is 248 g/mol. The highest BCUT2D eigenvalue weighted by molar-refractivity contribution is 5.39. The molecule has 1 aromatic rings. The van der Waals surface area contributed by atoms with E-state index in [0.717, 1.165) is 0 Å². The van der Waals surface area contributed by atoms with E-state index in [1.165, 1.54) is 4.68 Å². The molecule has 0 saturated heterocycles. The van der Waals surface area contributed by atoms with Crippen molar-refractivity contribution in [2.75, 3.05) is 6.54 Å². The summed E-state index contributed by atoms with van der Waals surface area (Å²) in [4.78, 5) is 10.4. The summed E-state index contributed by atoms with van der Waals surface area (Å²) in [7, 11) is 0. The number of nitrogens with one attached hydrogen (secondary N) is 1. The lowest BCUT2D eigenvalue weighted by Crippen LogP contribution is -2.42. The molecule has 1 unspecified atom stereocenters. The van der Waals surface area contributed by atoms with Crippen molar-refractivity contribution in [2.24, 2.45) is 0 Å². The minimum Gasteiger partial charge on any atom is -0.390 e. The van der Waals surface area contributed by atoms with Crippen molar-refractivity contribution in [1.82, 2.24) is 15.1 Å². The van der Waals surface area contributed by atoms with Gasteiger partial charge in [0, 0.05) is 12.1 Å². The van der Waals surface area contributed by atoms with Gasteiger partial charge in [0.05, 0.1) is 17.6 Å². The first-order valence-electron chi connectivity index (χ1n) is 6.23. The molecule has 0 radical (unpaired) electrons. The maximum atomic E-state index is 10.9. The van der Waals surface area contributed by atoms with Crippen LogP contribution in [0.1, 0.15) is 32.2 Å². The molecule has 0 aromatic carbocycles.